The van der Waals surface area contributed by atoms with Gasteiger partial charge in [0.25, 0.3) is 0 Å². The highest BCUT2D eigenvalue weighted by Gasteiger charge is 2.57. The van der Waals surface area contributed by atoms with Crippen LogP contribution in [0.4, 0.5) is 0 Å². The highest BCUT2D eigenvalue weighted by Crippen LogP contribution is 2.43. The zero-order chi connectivity index (χ0) is 20.5. The summed E-state index contributed by atoms with van der Waals surface area (Å²) in [4.78, 5) is 51.5. The second kappa shape index (κ2) is 7.46. The smallest absolute Gasteiger partial charge is 0.340 e. The molecule has 3 rings (SSSR count). The fourth-order valence-corrected chi connectivity index (χ4v) is 3.73. The van der Waals surface area contributed by atoms with Gasteiger partial charge < -0.3 is 14.2 Å². The van der Waals surface area contributed by atoms with Gasteiger partial charge in [-0.2, -0.15) is 0 Å². The second-order valence-corrected chi connectivity index (χ2v) is 6.31. The van der Waals surface area contributed by atoms with E-state index in [0.29, 0.717) is 10.9 Å². The molecule has 0 spiro atoms. The first-order valence-corrected chi connectivity index (χ1v) is 9.03. The standard InChI is InChI=1S/C20H21NO7/c1-4-27-18(24)20(19(25)28-5-2)11-10-14(22)21-13-9-7-6-8-12(13)15(16(20)21)17(23)26-3/h6-9H,4-5,10-11H2,1-3H3. The Kier molecular flexibility index (Phi) is 5.22. The Hall–Kier alpha value is -3.16. The predicted octanol–water partition coefficient (Wildman–Crippen LogP) is 2.23. The van der Waals surface area contributed by atoms with E-state index in [4.69, 9.17) is 14.2 Å². The minimum atomic E-state index is -1.93. The monoisotopic (exact) mass is 387 g/mol. The third-order valence-corrected chi connectivity index (χ3v) is 4.88. The maximum atomic E-state index is 13.0. The van der Waals surface area contributed by atoms with Gasteiger partial charge in [-0.05, 0) is 26.3 Å². The van der Waals surface area contributed by atoms with Gasteiger partial charge in [0.05, 0.1) is 37.1 Å². The number of carbonyl (C=O) groups excluding carboxylic acids is 4. The van der Waals surface area contributed by atoms with Gasteiger partial charge in [0, 0.05) is 11.8 Å². The lowest BCUT2D eigenvalue weighted by Crippen LogP contribution is -2.51. The molecule has 0 radical (unpaired) electrons. The van der Waals surface area contributed by atoms with Crippen LogP contribution in [-0.2, 0) is 29.2 Å². The number of rotatable bonds is 5. The van der Waals surface area contributed by atoms with Crippen molar-refractivity contribution in [1.29, 1.82) is 0 Å². The molecule has 0 aliphatic carbocycles. The molecule has 2 aromatic rings. The number of methoxy groups -OCH3 is 1. The summed E-state index contributed by atoms with van der Waals surface area (Å²) in [5, 5.41) is 0.414. The van der Waals surface area contributed by atoms with E-state index in [1.807, 2.05) is 0 Å². The summed E-state index contributed by atoms with van der Waals surface area (Å²) in [6, 6.07) is 6.69. The van der Waals surface area contributed by atoms with Gasteiger partial charge in [0.2, 0.25) is 11.3 Å². The number of nitrogens with zero attached hydrogens (tertiary/aromatic N) is 1. The molecule has 148 valence electrons. The van der Waals surface area contributed by atoms with Crippen molar-refractivity contribution in [2.75, 3.05) is 20.3 Å². The third-order valence-electron chi connectivity index (χ3n) is 4.88. The van der Waals surface area contributed by atoms with Crippen LogP contribution in [0.3, 0.4) is 0 Å². The van der Waals surface area contributed by atoms with Crippen LogP contribution in [0.1, 0.15) is 47.5 Å². The molecule has 1 aliphatic heterocycles. The van der Waals surface area contributed by atoms with Crippen molar-refractivity contribution in [3.8, 4) is 0 Å². The van der Waals surface area contributed by atoms with E-state index in [9.17, 15) is 19.2 Å². The molecule has 0 unspecified atom stereocenters. The summed E-state index contributed by atoms with van der Waals surface area (Å²) >= 11 is 0. The molecular weight excluding hydrogens is 366 g/mol. The van der Waals surface area contributed by atoms with Crippen LogP contribution in [0.5, 0.6) is 0 Å². The highest BCUT2D eigenvalue weighted by atomic mass is 16.6. The van der Waals surface area contributed by atoms with Crippen molar-refractivity contribution in [3.63, 3.8) is 0 Å². The first-order chi connectivity index (χ1) is 13.4. The zero-order valence-electron chi connectivity index (χ0n) is 15.9. The van der Waals surface area contributed by atoms with Gasteiger partial charge in [-0.3, -0.25) is 19.0 Å². The molecule has 0 fully saturated rings. The van der Waals surface area contributed by atoms with Gasteiger partial charge in [-0.1, -0.05) is 18.2 Å². The van der Waals surface area contributed by atoms with Crippen LogP contribution in [-0.4, -0.2) is 48.7 Å². The van der Waals surface area contributed by atoms with E-state index in [-0.39, 0.29) is 43.2 Å². The molecule has 0 saturated heterocycles. The topological polar surface area (TPSA) is 101 Å². The Morgan fingerprint density at radius 2 is 1.68 bits per heavy atom. The predicted molar refractivity (Wildman–Crippen MR) is 98.1 cm³/mol. The minimum absolute atomic E-state index is 0.00717. The lowest BCUT2D eigenvalue weighted by molar-refractivity contribution is -0.165. The summed E-state index contributed by atoms with van der Waals surface area (Å²) in [5.41, 5.74) is -1.57. The summed E-state index contributed by atoms with van der Waals surface area (Å²) in [5.74, 6) is -2.78. The Morgan fingerprint density at radius 1 is 1.07 bits per heavy atom. The average molecular weight is 387 g/mol. The summed E-state index contributed by atoms with van der Waals surface area (Å²) in [6.45, 7) is 3.28. The zero-order valence-corrected chi connectivity index (χ0v) is 15.9. The number of para-hydroxylation sites is 1. The van der Waals surface area contributed by atoms with Crippen LogP contribution < -0.4 is 0 Å². The van der Waals surface area contributed by atoms with Crippen LogP contribution in [0.25, 0.3) is 10.9 Å². The van der Waals surface area contributed by atoms with E-state index in [2.05, 4.69) is 0 Å². The molecule has 1 aromatic carbocycles. The van der Waals surface area contributed by atoms with Gasteiger partial charge in [-0.15, -0.1) is 0 Å². The van der Waals surface area contributed by atoms with E-state index in [1.54, 1.807) is 38.1 Å². The molecule has 28 heavy (non-hydrogen) atoms. The third kappa shape index (κ3) is 2.67. The number of aromatic nitrogens is 1. The van der Waals surface area contributed by atoms with Gasteiger partial charge in [0.15, 0.2) is 0 Å². The molecule has 0 amide bonds. The average Bonchev–Trinajstić information content (AvgIpc) is 3.04. The molecule has 0 atom stereocenters. The molecule has 8 heteroatoms. The molecule has 0 saturated carbocycles. The normalized spacial score (nSPS) is 15.0. The molecule has 1 aliphatic rings. The van der Waals surface area contributed by atoms with E-state index < -0.39 is 23.3 Å². The van der Waals surface area contributed by atoms with Crippen molar-refractivity contribution in [3.05, 3.63) is 35.5 Å². The number of esters is 3. The highest BCUT2D eigenvalue weighted by molar-refractivity contribution is 6.17. The van der Waals surface area contributed by atoms with Gasteiger partial charge >= 0.3 is 17.9 Å². The summed E-state index contributed by atoms with van der Waals surface area (Å²) in [6.07, 6.45) is -0.228. The number of hydrogen-bond donors (Lipinski definition) is 0. The number of fused-ring (bicyclic) bond motifs is 3. The number of carbonyl (C=O) groups is 4. The van der Waals surface area contributed by atoms with Crippen molar-refractivity contribution >= 4 is 34.7 Å². The largest absolute Gasteiger partial charge is 0.465 e. The van der Waals surface area contributed by atoms with E-state index >= 15 is 0 Å². The first-order valence-electron chi connectivity index (χ1n) is 9.03. The van der Waals surface area contributed by atoms with E-state index in [0.717, 1.165) is 0 Å². The Bertz CT molecular complexity index is 954. The van der Waals surface area contributed by atoms with Crippen molar-refractivity contribution < 1.29 is 33.4 Å². The SMILES string of the molecule is CCOC(=O)C1(C(=O)OCC)CCC(=O)n2c1c(C(=O)OC)c1ccccc12. The number of ether oxygens (including phenoxy) is 3. The van der Waals surface area contributed by atoms with Crippen LogP contribution in [0, 0.1) is 0 Å². The maximum absolute atomic E-state index is 13.0. The van der Waals surface area contributed by atoms with Crippen LogP contribution in [0.15, 0.2) is 24.3 Å². The minimum Gasteiger partial charge on any atom is -0.465 e. The summed E-state index contributed by atoms with van der Waals surface area (Å²) in [7, 11) is 1.20. The molecular formula is C20H21NO7. The molecule has 0 bridgehead atoms. The number of hydrogen-bond acceptors (Lipinski definition) is 7. The molecule has 2 heterocycles. The lowest BCUT2D eigenvalue weighted by atomic mass is 9.75. The quantitative estimate of drug-likeness (QED) is 0.440. The van der Waals surface area contributed by atoms with Crippen LogP contribution in [0.2, 0.25) is 0 Å². The van der Waals surface area contributed by atoms with Crippen molar-refractivity contribution in [2.24, 2.45) is 0 Å². The molecule has 8 nitrogen and oxygen atoms in total. The summed E-state index contributed by atoms with van der Waals surface area (Å²) < 4.78 is 16.5. The van der Waals surface area contributed by atoms with E-state index in [1.165, 1.54) is 11.7 Å². The second-order valence-electron chi connectivity index (χ2n) is 6.31. The van der Waals surface area contributed by atoms with Crippen LogP contribution >= 0.6 is 0 Å². The molecule has 1 aromatic heterocycles. The number of benzene rings is 1. The first kappa shape index (κ1) is 19.6. The van der Waals surface area contributed by atoms with Gasteiger partial charge in [-0.25, -0.2) is 4.79 Å². The van der Waals surface area contributed by atoms with Crippen molar-refractivity contribution in [2.45, 2.75) is 32.1 Å². The Labute approximate surface area is 161 Å². The fraction of sp³-hybridized carbons (Fsp3) is 0.400. The molecule has 0 N–H and O–H groups in total. The van der Waals surface area contributed by atoms with Gasteiger partial charge in [0.1, 0.15) is 0 Å². The lowest BCUT2D eigenvalue weighted by Gasteiger charge is -2.34. The fourth-order valence-electron chi connectivity index (χ4n) is 3.73. The Morgan fingerprint density at radius 3 is 2.25 bits per heavy atom. The maximum Gasteiger partial charge on any atom is 0.340 e. The Balaban J connectivity index is 2.47. The van der Waals surface area contributed by atoms with Crippen molar-refractivity contribution in [1.82, 2.24) is 4.57 Å².